The quantitative estimate of drug-likeness (QED) is 0.749. The molecule has 1 aliphatic rings. The maximum absolute atomic E-state index is 11.9. The minimum absolute atomic E-state index is 0.0518. The summed E-state index contributed by atoms with van der Waals surface area (Å²) in [4.78, 5) is 11.7. The molecule has 1 aliphatic heterocycles. The normalized spacial score (nSPS) is 25.6. The Bertz CT molecular complexity index is 256. The van der Waals surface area contributed by atoms with Gasteiger partial charge in [-0.05, 0) is 32.7 Å². The molecule has 0 radical (unpaired) electrons. The molecule has 0 aromatic carbocycles. The van der Waals surface area contributed by atoms with Gasteiger partial charge in [0.2, 0.25) is 5.91 Å². The van der Waals surface area contributed by atoms with Crippen molar-refractivity contribution in [1.82, 2.24) is 10.6 Å². The van der Waals surface area contributed by atoms with Crippen LogP contribution in [0.1, 0.15) is 32.6 Å². The molecule has 6 heteroatoms. The van der Waals surface area contributed by atoms with Crippen LogP contribution in [0.5, 0.6) is 0 Å². The van der Waals surface area contributed by atoms with Crippen LogP contribution in [0.25, 0.3) is 0 Å². The Hall–Kier alpha value is -0.780. The lowest BCUT2D eigenvalue weighted by atomic mass is 9.91. The summed E-state index contributed by atoms with van der Waals surface area (Å²) in [6.45, 7) is 2.93. The number of hydrogen-bond donors (Lipinski definition) is 2. The van der Waals surface area contributed by atoms with Gasteiger partial charge in [-0.25, -0.2) is 0 Å². The number of carbonyl (C=O) groups excluding carboxylic acids is 1. The van der Waals surface area contributed by atoms with Crippen LogP contribution in [0.2, 0.25) is 0 Å². The third-order valence-electron chi connectivity index (χ3n) is 3.03. The first-order valence-corrected chi connectivity index (χ1v) is 5.98. The van der Waals surface area contributed by atoms with Crippen molar-refractivity contribution >= 4 is 5.91 Å². The Balaban J connectivity index is 2.20. The molecule has 0 aromatic rings. The van der Waals surface area contributed by atoms with E-state index in [2.05, 4.69) is 10.6 Å². The maximum atomic E-state index is 11.9. The van der Waals surface area contributed by atoms with E-state index < -0.39 is 12.6 Å². The summed E-state index contributed by atoms with van der Waals surface area (Å²) in [6.07, 6.45) is -3.29. The lowest BCUT2D eigenvalue weighted by Crippen LogP contribution is -2.46. The average Bonchev–Trinajstić information content (AvgIpc) is 2.23. The Labute approximate surface area is 99.1 Å². The SMILES string of the molecule is CC1NCCCC1C(=O)NCCCC(F)(F)F. The molecule has 1 saturated heterocycles. The molecular formula is C11H19F3N2O. The Morgan fingerprint density at radius 3 is 2.76 bits per heavy atom. The van der Waals surface area contributed by atoms with Gasteiger partial charge in [0.25, 0.3) is 0 Å². The second-order valence-electron chi connectivity index (χ2n) is 4.50. The lowest BCUT2D eigenvalue weighted by Gasteiger charge is -2.28. The zero-order valence-electron chi connectivity index (χ0n) is 9.94. The fraction of sp³-hybridized carbons (Fsp3) is 0.909. The average molecular weight is 252 g/mol. The number of nitrogens with one attached hydrogen (secondary N) is 2. The molecule has 100 valence electrons. The molecule has 0 aromatic heterocycles. The maximum Gasteiger partial charge on any atom is 0.389 e. The molecule has 2 atom stereocenters. The van der Waals surface area contributed by atoms with Crippen molar-refractivity contribution in [2.45, 2.75) is 44.8 Å². The second kappa shape index (κ2) is 6.23. The van der Waals surface area contributed by atoms with Crippen LogP contribution in [0.3, 0.4) is 0 Å². The summed E-state index contributed by atoms with van der Waals surface area (Å²) in [5, 5.41) is 5.76. The number of carbonyl (C=O) groups is 1. The molecule has 17 heavy (non-hydrogen) atoms. The lowest BCUT2D eigenvalue weighted by molar-refractivity contribution is -0.136. The monoisotopic (exact) mass is 252 g/mol. The fourth-order valence-corrected chi connectivity index (χ4v) is 2.03. The molecule has 1 fully saturated rings. The summed E-state index contributed by atoms with van der Waals surface area (Å²) in [7, 11) is 0. The Morgan fingerprint density at radius 1 is 1.47 bits per heavy atom. The molecule has 2 unspecified atom stereocenters. The highest BCUT2D eigenvalue weighted by Gasteiger charge is 2.28. The smallest absolute Gasteiger partial charge is 0.356 e. The number of piperidine rings is 1. The number of alkyl halides is 3. The minimum Gasteiger partial charge on any atom is -0.356 e. The predicted molar refractivity (Wildman–Crippen MR) is 58.5 cm³/mol. The van der Waals surface area contributed by atoms with Gasteiger partial charge in [0, 0.05) is 19.0 Å². The van der Waals surface area contributed by atoms with E-state index in [4.69, 9.17) is 0 Å². The van der Waals surface area contributed by atoms with E-state index in [0.717, 1.165) is 19.4 Å². The van der Waals surface area contributed by atoms with Gasteiger partial charge >= 0.3 is 6.18 Å². The highest BCUT2D eigenvalue weighted by atomic mass is 19.4. The van der Waals surface area contributed by atoms with Crippen molar-refractivity contribution in [2.75, 3.05) is 13.1 Å². The molecule has 3 nitrogen and oxygen atoms in total. The van der Waals surface area contributed by atoms with E-state index >= 15 is 0 Å². The molecule has 0 aliphatic carbocycles. The van der Waals surface area contributed by atoms with Crippen LogP contribution in [-0.4, -0.2) is 31.2 Å². The van der Waals surface area contributed by atoms with Gasteiger partial charge in [-0.3, -0.25) is 4.79 Å². The van der Waals surface area contributed by atoms with Crippen molar-refractivity contribution in [2.24, 2.45) is 5.92 Å². The van der Waals surface area contributed by atoms with Gasteiger partial charge in [-0.1, -0.05) is 0 Å². The van der Waals surface area contributed by atoms with E-state index in [9.17, 15) is 18.0 Å². The van der Waals surface area contributed by atoms with E-state index in [0.29, 0.717) is 0 Å². The summed E-state index contributed by atoms with van der Waals surface area (Å²) in [5.41, 5.74) is 0. The summed E-state index contributed by atoms with van der Waals surface area (Å²) < 4.78 is 35.6. The standard InChI is InChI=1S/C11H19F3N2O/c1-8-9(4-2-6-15-8)10(17)16-7-3-5-11(12,13)14/h8-9,15H,2-7H2,1H3,(H,16,17). The van der Waals surface area contributed by atoms with Crippen LogP contribution in [-0.2, 0) is 4.79 Å². The van der Waals surface area contributed by atoms with Crippen LogP contribution in [0, 0.1) is 5.92 Å². The zero-order valence-corrected chi connectivity index (χ0v) is 9.94. The molecule has 2 N–H and O–H groups in total. The van der Waals surface area contributed by atoms with Crippen molar-refractivity contribution in [1.29, 1.82) is 0 Å². The number of rotatable bonds is 4. The van der Waals surface area contributed by atoms with Crippen molar-refractivity contribution in [3.63, 3.8) is 0 Å². The van der Waals surface area contributed by atoms with Crippen molar-refractivity contribution in [3.8, 4) is 0 Å². The minimum atomic E-state index is -4.13. The van der Waals surface area contributed by atoms with E-state index in [1.807, 2.05) is 6.92 Å². The Morgan fingerprint density at radius 2 is 2.18 bits per heavy atom. The summed E-state index contributed by atoms with van der Waals surface area (Å²) >= 11 is 0. The highest BCUT2D eigenvalue weighted by Crippen LogP contribution is 2.21. The number of hydrogen-bond acceptors (Lipinski definition) is 2. The molecule has 1 amide bonds. The first-order valence-electron chi connectivity index (χ1n) is 5.98. The summed E-state index contributed by atoms with van der Waals surface area (Å²) in [5.74, 6) is -0.249. The topological polar surface area (TPSA) is 41.1 Å². The van der Waals surface area contributed by atoms with E-state index in [-0.39, 0.29) is 30.8 Å². The van der Waals surface area contributed by atoms with Gasteiger partial charge in [-0.2, -0.15) is 13.2 Å². The predicted octanol–water partition coefficient (Wildman–Crippen LogP) is 1.83. The van der Waals surface area contributed by atoms with Crippen molar-refractivity contribution < 1.29 is 18.0 Å². The van der Waals surface area contributed by atoms with Crippen molar-refractivity contribution in [3.05, 3.63) is 0 Å². The fourth-order valence-electron chi connectivity index (χ4n) is 2.03. The van der Waals surface area contributed by atoms with Gasteiger partial charge in [0.1, 0.15) is 0 Å². The first-order chi connectivity index (χ1) is 7.90. The number of amides is 1. The molecule has 1 rings (SSSR count). The van der Waals surface area contributed by atoms with Gasteiger partial charge in [0.05, 0.1) is 5.92 Å². The van der Waals surface area contributed by atoms with Crippen LogP contribution in [0.15, 0.2) is 0 Å². The van der Waals surface area contributed by atoms with Gasteiger partial charge < -0.3 is 10.6 Å². The van der Waals surface area contributed by atoms with Gasteiger partial charge in [0.15, 0.2) is 0 Å². The van der Waals surface area contributed by atoms with Gasteiger partial charge in [-0.15, -0.1) is 0 Å². The molecule has 0 spiro atoms. The molecule has 0 bridgehead atoms. The highest BCUT2D eigenvalue weighted by molar-refractivity contribution is 5.79. The van der Waals surface area contributed by atoms with Crippen LogP contribution >= 0.6 is 0 Å². The number of halogens is 3. The zero-order chi connectivity index (χ0) is 12.9. The second-order valence-corrected chi connectivity index (χ2v) is 4.50. The van der Waals surface area contributed by atoms with Crippen LogP contribution < -0.4 is 10.6 Å². The molecule has 1 heterocycles. The van der Waals surface area contributed by atoms with Crippen LogP contribution in [0.4, 0.5) is 13.2 Å². The third kappa shape index (κ3) is 5.39. The summed E-state index contributed by atoms with van der Waals surface area (Å²) in [6, 6.07) is 0.103. The van der Waals surface area contributed by atoms with E-state index in [1.165, 1.54) is 0 Å². The molecular weight excluding hydrogens is 233 g/mol. The largest absolute Gasteiger partial charge is 0.389 e. The Kier molecular flexibility index (Phi) is 5.24. The third-order valence-corrected chi connectivity index (χ3v) is 3.03. The molecule has 0 saturated carbocycles. The van der Waals surface area contributed by atoms with E-state index in [1.54, 1.807) is 0 Å². The first kappa shape index (κ1) is 14.3.